The molecule has 0 aliphatic carbocycles. The van der Waals surface area contributed by atoms with Gasteiger partial charge in [-0.1, -0.05) is 133 Å². The molecule has 214 valence electrons. The lowest BCUT2D eigenvalue weighted by Gasteiger charge is -2.45. The maximum atomic E-state index is 11.2. The molecule has 0 amide bonds. The Bertz CT molecular complexity index is 1280. The topological polar surface area (TPSA) is 66.4 Å². The van der Waals surface area contributed by atoms with E-state index >= 15 is 0 Å². The highest BCUT2D eigenvalue weighted by atomic mass is 35.5. The highest BCUT2D eigenvalue weighted by molar-refractivity contribution is 6.19. The van der Waals surface area contributed by atoms with Gasteiger partial charge < -0.3 is 28.8 Å². The van der Waals surface area contributed by atoms with Crippen LogP contribution >= 0.6 is 11.6 Å². The van der Waals surface area contributed by atoms with Gasteiger partial charge in [-0.25, -0.2) is 0 Å². The van der Waals surface area contributed by atoms with E-state index in [0.717, 1.165) is 22.3 Å². The summed E-state index contributed by atoms with van der Waals surface area (Å²) in [6.45, 7) is 1.20. The largest absolute Gasteiger partial charge is 0.374 e. The summed E-state index contributed by atoms with van der Waals surface area (Å²) in [6.07, 6.45) is -4.19. The molecule has 4 aromatic rings. The van der Waals surface area contributed by atoms with E-state index in [2.05, 4.69) is 0 Å². The number of rotatable bonds is 13. The van der Waals surface area contributed by atoms with Crippen LogP contribution in [0.5, 0.6) is 0 Å². The fourth-order valence-electron chi connectivity index (χ4n) is 4.79. The first-order chi connectivity index (χ1) is 20.2. The molecule has 7 heteroatoms. The smallest absolute Gasteiger partial charge is 0.184 e. The highest BCUT2D eigenvalue weighted by Crippen LogP contribution is 2.34. The molecule has 0 spiro atoms. The van der Waals surface area contributed by atoms with Crippen LogP contribution in [-0.4, -0.2) is 42.4 Å². The predicted octanol–water partition coefficient (Wildman–Crippen LogP) is 6.41. The SMILES string of the molecule is OC1O[C@H](COCc2ccccc2)[C@H](OCc2ccccc2)[C@H](OCc2ccccc2)[C@H]1OC(Cl)c1ccccc1. The van der Waals surface area contributed by atoms with E-state index in [-0.39, 0.29) is 6.61 Å². The summed E-state index contributed by atoms with van der Waals surface area (Å²) in [7, 11) is 0. The quantitative estimate of drug-likeness (QED) is 0.186. The minimum absolute atomic E-state index is 0.187. The second kappa shape index (κ2) is 15.2. The van der Waals surface area contributed by atoms with Gasteiger partial charge >= 0.3 is 0 Å². The van der Waals surface area contributed by atoms with Gasteiger partial charge in [0, 0.05) is 0 Å². The standard InChI is InChI=1S/C34H35ClO6/c35-33(28-19-11-4-12-20-28)41-32-31(39-23-27-17-9-3-10-18-27)30(38-22-26-15-7-2-8-16-26)29(40-34(32)36)24-37-21-25-13-5-1-6-14-25/h1-20,29-34,36H,21-24H2/t29-,30+,31+,32-,33?,34?/m1/s1. The number of aliphatic hydroxyl groups excluding tert-OH is 1. The van der Waals surface area contributed by atoms with Crippen molar-refractivity contribution in [3.63, 3.8) is 0 Å². The van der Waals surface area contributed by atoms with Gasteiger partial charge in [0.1, 0.15) is 24.4 Å². The lowest BCUT2D eigenvalue weighted by atomic mass is 9.98. The third-order valence-corrected chi connectivity index (χ3v) is 7.27. The molecular formula is C34H35ClO6. The van der Waals surface area contributed by atoms with Crippen LogP contribution in [0.1, 0.15) is 27.8 Å². The van der Waals surface area contributed by atoms with Crippen LogP contribution in [0.15, 0.2) is 121 Å². The number of hydrogen-bond acceptors (Lipinski definition) is 6. The molecule has 2 unspecified atom stereocenters. The van der Waals surface area contributed by atoms with Crippen LogP contribution < -0.4 is 0 Å². The van der Waals surface area contributed by atoms with Crippen LogP contribution in [-0.2, 0) is 43.5 Å². The van der Waals surface area contributed by atoms with E-state index in [0.29, 0.717) is 19.8 Å². The maximum absolute atomic E-state index is 11.2. The summed E-state index contributed by atoms with van der Waals surface area (Å²) in [5.41, 5.74) is 2.95. The van der Waals surface area contributed by atoms with Crippen LogP contribution in [0.4, 0.5) is 0 Å². The van der Waals surface area contributed by atoms with E-state index in [1.165, 1.54) is 0 Å². The van der Waals surface area contributed by atoms with Crippen molar-refractivity contribution < 1.29 is 28.8 Å². The normalized spacial score (nSPS) is 23.2. The summed E-state index contributed by atoms with van der Waals surface area (Å²) in [6, 6.07) is 39.1. The van der Waals surface area contributed by atoms with E-state index in [4.69, 9.17) is 35.3 Å². The van der Waals surface area contributed by atoms with Crippen molar-refractivity contribution in [2.24, 2.45) is 0 Å². The Labute approximate surface area is 246 Å². The highest BCUT2D eigenvalue weighted by Gasteiger charge is 2.48. The van der Waals surface area contributed by atoms with Gasteiger partial charge in [0.2, 0.25) is 0 Å². The predicted molar refractivity (Wildman–Crippen MR) is 157 cm³/mol. The fraction of sp³-hybridized carbons (Fsp3) is 0.294. The van der Waals surface area contributed by atoms with E-state index < -0.39 is 36.3 Å². The Hall–Kier alpha value is -3.07. The third-order valence-electron chi connectivity index (χ3n) is 6.91. The molecule has 0 bridgehead atoms. The summed E-state index contributed by atoms with van der Waals surface area (Å²) >= 11 is 6.69. The monoisotopic (exact) mass is 574 g/mol. The van der Waals surface area contributed by atoms with Crippen molar-refractivity contribution in [2.45, 2.75) is 56.1 Å². The summed E-state index contributed by atoms with van der Waals surface area (Å²) in [4.78, 5) is 0. The van der Waals surface area contributed by atoms with Crippen LogP contribution in [0.3, 0.4) is 0 Å². The Morgan fingerprint density at radius 2 is 1.07 bits per heavy atom. The average Bonchev–Trinajstić information content (AvgIpc) is 3.02. The molecule has 6 nitrogen and oxygen atoms in total. The molecule has 5 rings (SSSR count). The first kappa shape index (κ1) is 29.4. The molecule has 1 fully saturated rings. The average molecular weight is 575 g/mol. The van der Waals surface area contributed by atoms with Crippen molar-refractivity contribution in [1.29, 1.82) is 0 Å². The molecule has 0 saturated carbocycles. The summed E-state index contributed by atoms with van der Waals surface area (Å²) in [5, 5.41) is 11.2. The third kappa shape index (κ3) is 8.47. The molecule has 1 saturated heterocycles. The van der Waals surface area contributed by atoms with Gasteiger partial charge in [-0.3, -0.25) is 0 Å². The number of ether oxygens (including phenoxy) is 5. The lowest BCUT2D eigenvalue weighted by Crippen LogP contribution is -2.61. The van der Waals surface area contributed by atoms with Crippen LogP contribution in [0, 0.1) is 0 Å². The molecule has 1 aliphatic rings. The van der Waals surface area contributed by atoms with E-state index in [9.17, 15) is 5.11 Å². The van der Waals surface area contributed by atoms with Gasteiger partial charge in [-0.05, 0) is 22.3 Å². The van der Waals surface area contributed by atoms with Crippen molar-refractivity contribution in [3.8, 4) is 0 Å². The van der Waals surface area contributed by atoms with Gasteiger partial charge in [-0.15, -0.1) is 0 Å². The van der Waals surface area contributed by atoms with Gasteiger partial charge in [-0.2, -0.15) is 0 Å². The molecule has 6 atom stereocenters. The molecule has 0 radical (unpaired) electrons. The Balaban J connectivity index is 1.38. The van der Waals surface area contributed by atoms with Crippen molar-refractivity contribution in [1.82, 2.24) is 0 Å². The van der Waals surface area contributed by atoms with E-state index in [1.54, 1.807) is 0 Å². The number of hydrogen-bond donors (Lipinski definition) is 1. The zero-order chi connectivity index (χ0) is 28.3. The zero-order valence-corrected chi connectivity index (χ0v) is 23.5. The lowest BCUT2D eigenvalue weighted by molar-refractivity contribution is -0.318. The first-order valence-electron chi connectivity index (χ1n) is 13.8. The Kier molecular flexibility index (Phi) is 10.9. The number of alkyl halides is 1. The van der Waals surface area contributed by atoms with Gasteiger partial charge in [0.25, 0.3) is 0 Å². The minimum Gasteiger partial charge on any atom is -0.374 e. The number of benzene rings is 4. The van der Waals surface area contributed by atoms with Crippen LogP contribution in [0.2, 0.25) is 0 Å². The van der Waals surface area contributed by atoms with Gasteiger partial charge in [0.05, 0.1) is 26.4 Å². The van der Waals surface area contributed by atoms with E-state index in [1.807, 2.05) is 121 Å². The Morgan fingerprint density at radius 3 is 1.61 bits per heavy atom. The molecule has 1 heterocycles. The zero-order valence-electron chi connectivity index (χ0n) is 22.7. The van der Waals surface area contributed by atoms with Crippen molar-refractivity contribution in [2.75, 3.05) is 6.61 Å². The number of halogens is 1. The molecule has 1 aliphatic heterocycles. The molecular weight excluding hydrogens is 540 g/mol. The first-order valence-corrected chi connectivity index (χ1v) is 14.2. The fourth-order valence-corrected chi connectivity index (χ4v) is 5.05. The maximum Gasteiger partial charge on any atom is 0.184 e. The van der Waals surface area contributed by atoms with Gasteiger partial charge in [0.15, 0.2) is 11.9 Å². The van der Waals surface area contributed by atoms with Crippen molar-refractivity contribution in [3.05, 3.63) is 144 Å². The van der Waals surface area contributed by atoms with Crippen LogP contribution in [0.25, 0.3) is 0 Å². The second-order valence-corrected chi connectivity index (χ2v) is 10.3. The Morgan fingerprint density at radius 1 is 0.610 bits per heavy atom. The summed E-state index contributed by atoms with van der Waals surface area (Å²) in [5.74, 6) is 0. The molecule has 1 N–H and O–H groups in total. The minimum atomic E-state index is -1.32. The molecule has 4 aromatic carbocycles. The van der Waals surface area contributed by atoms with Crippen molar-refractivity contribution >= 4 is 11.6 Å². The number of aliphatic hydroxyl groups is 1. The molecule has 0 aromatic heterocycles. The summed E-state index contributed by atoms with van der Waals surface area (Å²) < 4.78 is 31.4. The molecule has 41 heavy (non-hydrogen) atoms. The second-order valence-electron chi connectivity index (χ2n) is 9.92.